The lowest BCUT2D eigenvalue weighted by molar-refractivity contribution is -0.120. The fourth-order valence-corrected chi connectivity index (χ4v) is 5.38. The molecule has 1 N–H and O–H groups in total. The zero-order valence-electron chi connectivity index (χ0n) is 20.3. The highest BCUT2D eigenvalue weighted by molar-refractivity contribution is 7.93. The fourth-order valence-electron chi connectivity index (χ4n) is 3.55. The lowest BCUT2D eigenvalue weighted by Gasteiger charge is -2.26. The summed E-state index contributed by atoms with van der Waals surface area (Å²) in [5.41, 5.74) is 2.66. The van der Waals surface area contributed by atoms with Gasteiger partial charge in [0.1, 0.15) is 22.9 Å². The summed E-state index contributed by atoms with van der Waals surface area (Å²) in [4.78, 5) is 13.0. The summed E-state index contributed by atoms with van der Waals surface area (Å²) >= 11 is 6.31. The van der Waals surface area contributed by atoms with E-state index in [9.17, 15) is 13.2 Å². The molecule has 3 aromatic rings. The SMILES string of the molecule is COc1ccc([C@@H](C)NC(=O)CN(c2ccc(C)c(Cl)c2)S(=O)(=O)c2cc(C)ccc2OC)cc1. The molecule has 0 aliphatic heterocycles. The van der Waals surface area contributed by atoms with Crippen molar-refractivity contribution in [2.75, 3.05) is 25.1 Å². The molecule has 186 valence electrons. The first-order valence-electron chi connectivity index (χ1n) is 10.9. The largest absolute Gasteiger partial charge is 0.497 e. The maximum absolute atomic E-state index is 13.8. The Morgan fingerprint density at radius 3 is 2.29 bits per heavy atom. The first-order chi connectivity index (χ1) is 16.6. The van der Waals surface area contributed by atoms with Crippen molar-refractivity contribution in [3.63, 3.8) is 0 Å². The molecule has 3 aromatic carbocycles. The Morgan fingerprint density at radius 1 is 1.00 bits per heavy atom. The van der Waals surface area contributed by atoms with Gasteiger partial charge in [0.05, 0.1) is 25.9 Å². The number of benzene rings is 3. The highest BCUT2D eigenvalue weighted by Gasteiger charge is 2.31. The molecule has 0 saturated carbocycles. The number of ether oxygens (including phenoxy) is 2. The van der Waals surface area contributed by atoms with E-state index >= 15 is 0 Å². The third-order valence-electron chi connectivity index (χ3n) is 5.61. The molecule has 35 heavy (non-hydrogen) atoms. The molecule has 0 fully saturated rings. The van der Waals surface area contributed by atoms with Crippen molar-refractivity contribution in [1.82, 2.24) is 5.32 Å². The van der Waals surface area contributed by atoms with Gasteiger partial charge in [0.25, 0.3) is 10.0 Å². The van der Waals surface area contributed by atoms with Crippen LogP contribution in [0.15, 0.2) is 65.6 Å². The van der Waals surface area contributed by atoms with Crippen LogP contribution in [0.1, 0.15) is 29.7 Å². The topological polar surface area (TPSA) is 84.9 Å². The van der Waals surface area contributed by atoms with Gasteiger partial charge in [-0.15, -0.1) is 0 Å². The summed E-state index contributed by atoms with van der Waals surface area (Å²) in [5, 5.41) is 3.27. The first-order valence-corrected chi connectivity index (χ1v) is 12.8. The van der Waals surface area contributed by atoms with Gasteiger partial charge in [0.2, 0.25) is 5.91 Å². The standard InChI is InChI=1S/C26H29ClN2O5S/c1-17-6-13-24(34-5)25(14-17)35(31,32)29(21-10-7-18(2)23(27)15-21)16-26(30)28-19(3)20-8-11-22(33-4)12-9-20/h6-15,19H,16H2,1-5H3,(H,28,30)/t19-/m1/s1. The van der Waals surface area contributed by atoms with E-state index < -0.39 is 22.5 Å². The average Bonchev–Trinajstić information content (AvgIpc) is 2.84. The van der Waals surface area contributed by atoms with E-state index in [2.05, 4.69) is 5.32 Å². The molecule has 0 aliphatic carbocycles. The van der Waals surface area contributed by atoms with Crippen LogP contribution in [0.2, 0.25) is 5.02 Å². The third kappa shape index (κ3) is 6.07. The number of amides is 1. The van der Waals surface area contributed by atoms with Crippen molar-refractivity contribution in [3.8, 4) is 11.5 Å². The van der Waals surface area contributed by atoms with Crippen molar-refractivity contribution in [2.45, 2.75) is 31.7 Å². The minimum absolute atomic E-state index is 0.0345. The molecule has 0 unspecified atom stereocenters. The number of methoxy groups -OCH3 is 2. The molecule has 0 saturated heterocycles. The van der Waals surface area contributed by atoms with Crippen molar-refractivity contribution in [3.05, 3.63) is 82.4 Å². The van der Waals surface area contributed by atoms with Crippen LogP contribution < -0.4 is 19.1 Å². The van der Waals surface area contributed by atoms with Crippen LogP contribution in [-0.2, 0) is 14.8 Å². The smallest absolute Gasteiger partial charge is 0.268 e. The van der Waals surface area contributed by atoms with Crippen LogP contribution in [-0.4, -0.2) is 35.1 Å². The molecule has 0 heterocycles. The summed E-state index contributed by atoms with van der Waals surface area (Å²) in [6, 6.07) is 16.7. The number of anilines is 1. The molecule has 0 aromatic heterocycles. The number of rotatable bonds is 9. The Kier molecular flexibility index (Phi) is 8.30. The minimum Gasteiger partial charge on any atom is -0.497 e. The number of aryl methyl sites for hydroxylation is 2. The van der Waals surface area contributed by atoms with Gasteiger partial charge in [0.15, 0.2) is 0 Å². The van der Waals surface area contributed by atoms with E-state index in [1.54, 1.807) is 50.4 Å². The molecule has 0 aliphatic rings. The zero-order valence-corrected chi connectivity index (χ0v) is 21.9. The minimum atomic E-state index is -4.18. The van der Waals surface area contributed by atoms with Crippen molar-refractivity contribution >= 4 is 33.2 Å². The lowest BCUT2D eigenvalue weighted by Crippen LogP contribution is -2.41. The number of sulfonamides is 1. The van der Waals surface area contributed by atoms with Crippen molar-refractivity contribution < 1.29 is 22.7 Å². The van der Waals surface area contributed by atoms with Gasteiger partial charge in [-0.3, -0.25) is 9.10 Å². The van der Waals surface area contributed by atoms with Crippen LogP contribution in [0.5, 0.6) is 11.5 Å². The molecule has 0 spiro atoms. The van der Waals surface area contributed by atoms with Gasteiger partial charge in [-0.05, 0) is 73.9 Å². The highest BCUT2D eigenvalue weighted by atomic mass is 35.5. The van der Waals surface area contributed by atoms with Crippen molar-refractivity contribution in [1.29, 1.82) is 0 Å². The first kappa shape index (κ1) is 26.4. The molecular weight excluding hydrogens is 488 g/mol. The lowest BCUT2D eigenvalue weighted by atomic mass is 10.1. The normalized spacial score (nSPS) is 12.1. The van der Waals surface area contributed by atoms with E-state index in [1.807, 2.05) is 26.0 Å². The molecule has 9 heteroatoms. The monoisotopic (exact) mass is 516 g/mol. The quantitative estimate of drug-likeness (QED) is 0.430. The van der Waals surface area contributed by atoms with Gasteiger partial charge in [-0.2, -0.15) is 0 Å². The van der Waals surface area contributed by atoms with Gasteiger partial charge >= 0.3 is 0 Å². The second kappa shape index (κ2) is 11.0. The number of halogens is 1. The van der Waals surface area contributed by atoms with E-state index in [1.165, 1.54) is 19.2 Å². The number of carbonyl (C=O) groups excluding carboxylic acids is 1. The van der Waals surface area contributed by atoms with E-state index in [-0.39, 0.29) is 22.4 Å². The molecule has 7 nitrogen and oxygen atoms in total. The molecular formula is C26H29ClN2O5S. The van der Waals surface area contributed by atoms with Crippen LogP contribution in [0.4, 0.5) is 5.69 Å². The summed E-state index contributed by atoms with van der Waals surface area (Å²) in [5.74, 6) is 0.416. The van der Waals surface area contributed by atoms with Crippen LogP contribution in [0.25, 0.3) is 0 Å². The van der Waals surface area contributed by atoms with E-state index in [4.69, 9.17) is 21.1 Å². The fraction of sp³-hybridized carbons (Fsp3) is 0.269. The van der Waals surface area contributed by atoms with Gasteiger partial charge < -0.3 is 14.8 Å². The van der Waals surface area contributed by atoms with Crippen LogP contribution >= 0.6 is 11.6 Å². The van der Waals surface area contributed by atoms with E-state index in [0.717, 1.165) is 21.0 Å². The predicted octanol–water partition coefficient (Wildman–Crippen LogP) is 5.05. The van der Waals surface area contributed by atoms with Gasteiger partial charge in [-0.1, -0.05) is 35.9 Å². The predicted molar refractivity (Wildman–Crippen MR) is 138 cm³/mol. The summed E-state index contributed by atoms with van der Waals surface area (Å²) in [7, 11) is -1.20. The van der Waals surface area contributed by atoms with Crippen LogP contribution in [0, 0.1) is 13.8 Å². The molecule has 1 amide bonds. The zero-order chi connectivity index (χ0) is 25.8. The van der Waals surface area contributed by atoms with Gasteiger partial charge in [-0.25, -0.2) is 8.42 Å². The highest BCUT2D eigenvalue weighted by Crippen LogP contribution is 2.32. The molecule has 1 atom stereocenters. The van der Waals surface area contributed by atoms with Crippen LogP contribution in [0.3, 0.4) is 0 Å². The Morgan fingerprint density at radius 2 is 1.69 bits per heavy atom. The molecule has 0 bridgehead atoms. The maximum atomic E-state index is 13.8. The van der Waals surface area contributed by atoms with E-state index in [0.29, 0.717) is 10.8 Å². The summed E-state index contributed by atoms with van der Waals surface area (Å²) in [6.45, 7) is 4.98. The number of hydrogen-bond acceptors (Lipinski definition) is 5. The van der Waals surface area contributed by atoms with Gasteiger partial charge in [0, 0.05) is 5.02 Å². The number of carbonyl (C=O) groups is 1. The Labute approximate surface area is 211 Å². The second-order valence-corrected chi connectivity index (χ2v) is 10.4. The number of hydrogen-bond donors (Lipinski definition) is 1. The second-order valence-electron chi connectivity index (χ2n) is 8.16. The Balaban J connectivity index is 1.96. The maximum Gasteiger partial charge on any atom is 0.268 e. The molecule has 0 radical (unpaired) electrons. The number of nitrogens with zero attached hydrogens (tertiary/aromatic N) is 1. The van der Waals surface area contributed by atoms with Crippen molar-refractivity contribution in [2.24, 2.45) is 0 Å². The summed E-state index contributed by atoms with van der Waals surface area (Å²) in [6.07, 6.45) is 0. The summed E-state index contributed by atoms with van der Waals surface area (Å²) < 4.78 is 39.2. The third-order valence-corrected chi connectivity index (χ3v) is 7.81. The Hall–Kier alpha value is -3.23. The molecule has 3 rings (SSSR count). The Bertz CT molecular complexity index is 1310. The average molecular weight is 517 g/mol. The number of nitrogens with one attached hydrogen (secondary N) is 1.